The van der Waals surface area contributed by atoms with Crippen LogP contribution in [0.25, 0.3) is 44.3 Å². The van der Waals surface area contributed by atoms with Crippen LogP contribution in [0, 0.1) is 5.92 Å². The van der Waals surface area contributed by atoms with Crippen LogP contribution >= 0.6 is 0 Å². The third-order valence-corrected chi connectivity index (χ3v) is 6.09. The van der Waals surface area contributed by atoms with E-state index in [9.17, 15) is 0 Å². The number of rotatable bonds is 4. The van der Waals surface area contributed by atoms with Crippen LogP contribution in [-0.4, -0.2) is 9.97 Å². The van der Waals surface area contributed by atoms with Gasteiger partial charge in [0.1, 0.15) is 11.5 Å². The van der Waals surface area contributed by atoms with Gasteiger partial charge in [-0.15, -0.1) is 0 Å². The fourth-order valence-electron chi connectivity index (χ4n) is 4.54. The summed E-state index contributed by atoms with van der Waals surface area (Å²) in [6.07, 6.45) is 4.65. The number of nitrogens with zero attached hydrogens (tertiary/aromatic N) is 2. The molecule has 2 aromatic carbocycles. The molecule has 5 aromatic rings. The molecule has 166 valence electrons. The summed E-state index contributed by atoms with van der Waals surface area (Å²) in [4.78, 5) is 9.42. The number of hydrogen-bond donors (Lipinski definition) is 0. The summed E-state index contributed by atoms with van der Waals surface area (Å²) < 4.78 is 6.25. The summed E-state index contributed by atoms with van der Waals surface area (Å²) in [5.41, 5.74) is 6.14. The number of hydrogen-bond acceptors (Lipinski definition) is 3. The van der Waals surface area contributed by atoms with Crippen molar-refractivity contribution < 1.29 is 4.42 Å². The molecule has 0 amide bonds. The fourth-order valence-corrected chi connectivity index (χ4v) is 4.54. The van der Waals surface area contributed by atoms with Crippen molar-refractivity contribution in [1.82, 2.24) is 9.97 Å². The highest BCUT2D eigenvalue weighted by Gasteiger charge is 2.19. The van der Waals surface area contributed by atoms with Crippen LogP contribution in [0.4, 0.5) is 0 Å². The van der Waals surface area contributed by atoms with Gasteiger partial charge < -0.3 is 4.42 Å². The van der Waals surface area contributed by atoms with Crippen molar-refractivity contribution in [3.05, 3.63) is 84.4 Å². The van der Waals surface area contributed by atoms with E-state index in [0.29, 0.717) is 5.92 Å². The quantitative estimate of drug-likeness (QED) is 0.286. The second kappa shape index (κ2) is 8.15. The number of aromatic nitrogens is 2. The monoisotopic (exact) mass is 434 g/mol. The topological polar surface area (TPSA) is 38.9 Å². The molecular weight excluding hydrogens is 404 g/mol. The molecule has 0 aliphatic carbocycles. The van der Waals surface area contributed by atoms with Crippen LogP contribution in [0.1, 0.15) is 45.9 Å². The Kier molecular flexibility index (Phi) is 5.28. The molecule has 5 rings (SSSR count). The first-order valence-electron chi connectivity index (χ1n) is 11.7. The molecule has 0 aliphatic heterocycles. The lowest BCUT2D eigenvalue weighted by atomic mass is 9.82. The molecule has 0 atom stereocenters. The second-order valence-electron chi connectivity index (χ2n) is 10.3. The van der Waals surface area contributed by atoms with Gasteiger partial charge in [0.25, 0.3) is 0 Å². The maximum atomic E-state index is 6.25. The highest BCUT2D eigenvalue weighted by Crippen LogP contribution is 2.36. The largest absolute Gasteiger partial charge is 0.459 e. The molecule has 0 bridgehead atoms. The third kappa shape index (κ3) is 4.16. The summed E-state index contributed by atoms with van der Waals surface area (Å²) >= 11 is 0. The second-order valence-corrected chi connectivity index (χ2v) is 10.3. The summed E-state index contributed by atoms with van der Waals surface area (Å²) in [6.45, 7) is 11.2. The molecule has 3 heterocycles. The lowest BCUT2D eigenvalue weighted by molar-refractivity contribution is 0.500. The summed E-state index contributed by atoms with van der Waals surface area (Å²) in [6, 6.07) is 21.4. The van der Waals surface area contributed by atoms with Gasteiger partial charge in [-0.1, -0.05) is 58.9 Å². The van der Waals surface area contributed by atoms with Crippen molar-refractivity contribution in [1.29, 1.82) is 0 Å². The van der Waals surface area contributed by atoms with Gasteiger partial charge in [0.05, 0.1) is 5.69 Å². The van der Waals surface area contributed by atoms with Crippen molar-refractivity contribution in [3.8, 4) is 22.5 Å². The van der Waals surface area contributed by atoms with Crippen LogP contribution < -0.4 is 0 Å². The summed E-state index contributed by atoms with van der Waals surface area (Å²) in [5.74, 6) is 1.55. The molecule has 3 aromatic heterocycles. The van der Waals surface area contributed by atoms with Crippen molar-refractivity contribution in [2.75, 3.05) is 0 Å². The first-order chi connectivity index (χ1) is 15.8. The molecule has 0 N–H and O–H groups in total. The molecule has 0 saturated heterocycles. The van der Waals surface area contributed by atoms with Gasteiger partial charge >= 0.3 is 0 Å². The molecule has 0 radical (unpaired) electrons. The number of fused-ring (bicyclic) bond motifs is 2. The van der Waals surface area contributed by atoms with Crippen LogP contribution in [-0.2, 0) is 11.8 Å². The molecule has 0 aliphatic rings. The van der Waals surface area contributed by atoms with E-state index in [0.717, 1.165) is 45.7 Å². The van der Waals surface area contributed by atoms with E-state index in [1.54, 1.807) is 0 Å². The van der Waals surface area contributed by atoms with Gasteiger partial charge in [-0.2, -0.15) is 0 Å². The van der Waals surface area contributed by atoms with Gasteiger partial charge in [0, 0.05) is 35.3 Å². The Labute approximate surface area is 195 Å². The van der Waals surface area contributed by atoms with Crippen LogP contribution in [0.2, 0.25) is 0 Å². The smallest absolute Gasteiger partial charge is 0.160 e. The lowest BCUT2D eigenvalue weighted by Crippen LogP contribution is -2.12. The minimum Gasteiger partial charge on any atom is -0.459 e. The van der Waals surface area contributed by atoms with E-state index < -0.39 is 0 Å². The number of pyridine rings is 2. The summed E-state index contributed by atoms with van der Waals surface area (Å²) in [7, 11) is 0. The molecule has 3 heteroatoms. The maximum Gasteiger partial charge on any atom is 0.160 e. The Hall–Kier alpha value is -3.46. The Bertz CT molecular complexity index is 1450. The minimum atomic E-state index is 0.0291. The molecule has 0 spiro atoms. The summed E-state index contributed by atoms with van der Waals surface area (Å²) in [5, 5.41) is 3.62. The van der Waals surface area contributed by atoms with Gasteiger partial charge in [-0.25, -0.2) is 0 Å². The molecule has 3 nitrogen and oxygen atoms in total. The normalized spacial score (nSPS) is 12.2. The zero-order valence-corrected chi connectivity index (χ0v) is 20.0. The van der Waals surface area contributed by atoms with Crippen LogP contribution in [0.3, 0.4) is 0 Å². The van der Waals surface area contributed by atoms with Crippen LogP contribution in [0.5, 0.6) is 0 Å². The van der Waals surface area contributed by atoms with E-state index in [-0.39, 0.29) is 5.41 Å². The SMILES string of the molecule is CC(C)Cc1cc2ccnc(-c3ccnc(-c4cc(C(C)(C)C)c5ccccc5c4)c3)c2o1. The van der Waals surface area contributed by atoms with Crippen molar-refractivity contribution in [2.45, 2.75) is 46.5 Å². The Morgan fingerprint density at radius 3 is 2.39 bits per heavy atom. The minimum absolute atomic E-state index is 0.0291. The van der Waals surface area contributed by atoms with Gasteiger partial charge in [0.15, 0.2) is 5.58 Å². The molecular formula is C30H30N2O. The number of furan rings is 1. The first-order valence-corrected chi connectivity index (χ1v) is 11.7. The molecule has 33 heavy (non-hydrogen) atoms. The van der Waals surface area contributed by atoms with Crippen molar-refractivity contribution in [2.24, 2.45) is 5.92 Å². The van der Waals surface area contributed by atoms with Gasteiger partial charge in [-0.3, -0.25) is 9.97 Å². The van der Waals surface area contributed by atoms with Crippen molar-refractivity contribution in [3.63, 3.8) is 0 Å². The van der Waals surface area contributed by atoms with Gasteiger partial charge in [0.2, 0.25) is 0 Å². The van der Waals surface area contributed by atoms with E-state index in [2.05, 4.69) is 88.1 Å². The average Bonchev–Trinajstić information content (AvgIpc) is 3.19. The lowest BCUT2D eigenvalue weighted by Gasteiger charge is -2.22. The third-order valence-electron chi connectivity index (χ3n) is 6.09. The molecule has 0 fully saturated rings. The van der Waals surface area contributed by atoms with E-state index >= 15 is 0 Å². The Morgan fingerprint density at radius 1 is 0.818 bits per heavy atom. The maximum absolute atomic E-state index is 6.25. The molecule has 0 saturated carbocycles. The first kappa shape index (κ1) is 21.4. The highest BCUT2D eigenvalue weighted by molar-refractivity contribution is 5.93. The standard InChI is InChI=1S/C30H30N2O/c1-19(2)14-24-16-22-11-13-32-28(29(22)33-24)21-10-12-31-27(18-21)23-15-20-8-6-7-9-25(20)26(17-23)30(3,4)5/h6-13,15-19H,14H2,1-5H3. The van der Waals surface area contributed by atoms with Crippen molar-refractivity contribution >= 4 is 21.7 Å². The highest BCUT2D eigenvalue weighted by atomic mass is 16.3. The van der Waals surface area contributed by atoms with Crippen LogP contribution in [0.15, 0.2) is 77.5 Å². The van der Waals surface area contributed by atoms with Gasteiger partial charge in [-0.05, 0) is 64.1 Å². The fraction of sp³-hybridized carbons (Fsp3) is 0.267. The average molecular weight is 435 g/mol. The predicted octanol–water partition coefficient (Wildman–Crippen LogP) is 8.21. The number of benzene rings is 2. The zero-order chi connectivity index (χ0) is 23.2. The zero-order valence-electron chi connectivity index (χ0n) is 20.0. The van der Waals surface area contributed by atoms with E-state index in [1.807, 2.05) is 24.5 Å². The molecule has 0 unspecified atom stereocenters. The Balaban J connectivity index is 1.64. The van der Waals surface area contributed by atoms with E-state index in [4.69, 9.17) is 9.40 Å². The van der Waals surface area contributed by atoms with E-state index in [1.165, 1.54) is 16.3 Å². The predicted molar refractivity (Wildman–Crippen MR) is 137 cm³/mol. The Morgan fingerprint density at radius 2 is 1.61 bits per heavy atom.